The van der Waals surface area contributed by atoms with Gasteiger partial charge in [-0.2, -0.15) is 5.26 Å². The monoisotopic (exact) mass is 256 g/mol. The van der Waals surface area contributed by atoms with E-state index in [4.69, 9.17) is 0 Å². The third kappa shape index (κ3) is 2.23. The third-order valence-corrected chi connectivity index (χ3v) is 3.60. The molecule has 1 aliphatic heterocycles. The van der Waals surface area contributed by atoms with Crippen molar-refractivity contribution in [3.05, 3.63) is 34.9 Å². The van der Waals surface area contributed by atoms with Crippen LogP contribution in [0.25, 0.3) is 0 Å². The van der Waals surface area contributed by atoms with Crippen LogP contribution in [-0.4, -0.2) is 17.4 Å². The van der Waals surface area contributed by atoms with E-state index >= 15 is 0 Å². The SMILES string of the molecule is CCCN1C(=O)c2ccc(C(C)(C)C)cc2C1C#N. The highest BCUT2D eigenvalue weighted by atomic mass is 16.2. The first-order valence-electron chi connectivity index (χ1n) is 6.75. The molecule has 1 unspecified atom stereocenters. The van der Waals surface area contributed by atoms with Gasteiger partial charge in [0.05, 0.1) is 6.07 Å². The molecule has 1 amide bonds. The van der Waals surface area contributed by atoms with Gasteiger partial charge >= 0.3 is 0 Å². The third-order valence-electron chi connectivity index (χ3n) is 3.60. The van der Waals surface area contributed by atoms with Gasteiger partial charge in [-0.25, -0.2) is 0 Å². The summed E-state index contributed by atoms with van der Waals surface area (Å²) in [6, 6.07) is 7.74. The van der Waals surface area contributed by atoms with E-state index in [1.807, 2.05) is 25.1 Å². The van der Waals surface area contributed by atoms with E-state index in [1.165, 1.54) is 0 Å². The van der Waals surface area contributed by atoms with Crippen LogP contribution in [0.15, 0.2) is 18.2 Å². The van der Waals surface area contributed by atoms with Crippen LogP contribution in [-0.2, 0) is 5.41 Å². The number of carbonyl (C=O) groups excluding carboxylic acids is 1. The molecule has 2 rings (SSSR count). The largest absolute Gasteiger partial charge is 0.319 e. The molecule has 1 aromatic carbocycles. The van der Waals surface area contributed by atoms with Crippen molar-refractivity contribution in [2.45, 2.75) is 45.6 Å². The summed E-state index contributed by atoms with van der Waals surface area (Å²) in [5, 5.41) is 9.38. The molecule has 0 saturated carbocycles. The summed E-state index contributed by atoms with van der Waals surface area (Å²) in [6.45, 7) is 9.06. The highest BCUT2D eigenvalue weighted by molar-refractivity contribution is 5.99. The van der Waals surface area contributed by atoms with E-state index in [1.54, 1.807) is 4.90 Å². The van der Waals surface area contributed by atoms with Gasteiger partial charge in [-0.15, -0.1) is 0 Å². The highest BCUT2D eigenvalue weighted by Gasteiger charge is 2.36. The molecule has 0 bridgehead atoms. The molecule has 3 nitrogen and oxygen atoms in total. The molecular formula is C16H20N2O. The Labute approximate surface area is 114 Å². The quantitative estimate of drug-likeness (QED) is 0.813. The molecule has 0 saturated heterocycles. The number of nitriles is 1. The van der Waals surface area contributed by atoms with Crippen LogP contribution < -0.4 is 0 Å². The topological polar surface area (TPSA) is 44.1 Å². The smallest absolute Gasteiger partial charge is 0.255 e. The highest BCUT2D eigenvalue weighted by Crippen LogP contribution is 2.36. The molecule has 0 N–H and O–H groups in total. The van der Waals surface area contributed by atoms with Crippen LogP contribution in [0.4, 0.5) is 0 Å². The summed E-state index contributed by atoms with van der Waals surface area (Å²) in [7, 11) is 0. The fourth-order valence-corrected chi connectivity index (χ4v) is 2.50. The van der Waals surface area contributed by atoms with Crippen LogP contribution in [0.2, 0.25) is 0 Å². The fraction of sp³-hybridized carbons (Fsp3) is 0.500. The second-order valence-electron chi connectivity index (χ2n) is 6.08. The number of benzene rings is 1. The number of carbonyl (C=O) groups is 1. The van der Waals surface area contributed by atoms with Crippen LogP contribution in [0, 0.1) is 11.3 Å². The van der Waals surface area contributed by atoms with E-state index in [0.29, 0.717) is 12.1 Å². The van der Waals surface area contributed by atoms with Crippen molar-refractivity contribution >= 4 is 5.91 Å². The van der Waals surface area contributed by atoms with Gasteiger partial charge in [0.2, 0.25) is 0 Å². The lowest BCUT2D eigenvalue weighted by atomic mass is 9.85. The van der Waals surface area contributed by atoms with E-state index in [-0.39, 0.29) is 11.3 Å². The van der Waals surface area contributed by atoms with Crippen LogP contribution in [0.5, 0.6) is 0 Å². The molecule has 1 atom stereocenters. The molecule has 0 aliphatic carbocycles. The minimum Gasteiger partial charge on any atom is -0.319 e. The summed E-state index contributed by atoms with van der Waals surface area (Å²) in [6.07, 6.45) is 0.865. The van der Waals surface area contributed by atoms with Crippen LogP contribution in [0.1, 0.15) is 61.6 Å². The first kappa shape index (κ1) is 13.6. The molecule has 1 aliphatic rings. The summed E-state index contributed by atoms with van der Waals surface area (Å²) in [5.74, 6) is -0.0103. The Morgan fingerprint density at radius 2 is 2.05 bits per heavy atom. The predicted octanol–water partition coefficient (Wildman–Crippen LogP) is 3.41. The molecule has 0 fully saturated rings. The van der Waals surface area contributed by atoms with Crippen molar-refractivity contribution < 1.29 is 4.79 Å². The minimum absolute atomic E-state index is 0.0103. The van der Waals surface area contributed by atoms with E-state index in [0.717, 1.165) is 17.5 Å². The van der Waals surface area contributed by atoms with Crippen molar-refractivity contribution in [1.29, 1.82) is 5.26 Å². The van der Waals surface area contributed by atoms with Gasteiger partial charge in [0.25, 0.3) is 5.91 Å². The summed E-state index contributed by atoms with van der Waals surface area (Å²) in [5.41, 5.74) is 2.75. The minimum atomic E-state index is -0.426. The van der Waals surface area contributed by atoms with Crippen LogP contribution >= 0.6 is 0 Å². The Hall–Kier alpha value is -1.82. The average molecular weight is 256 g/mol. The Balaban J connectivity index is 2.50. The van der Waals surface area contributed by atoms with Crippen molar-refractivity contribution in [3.63, 3.8) is 0 Å². The van der Waals surface area contributed by atoms with Crippen molar-refractivity contribution in [2.75, 3.05) is 6.54 Å². The molecule has 1 heterocycles. The molecule has 3 heteroatoms. The maximum Gasteiger partial charge on any atom is 0.255 e. The fourth-order valence-electron chi connectivity index (χ4n) is 2.50. The normalized spacial score (nSPS) is 18.4. The second-order valence-corrected chi connectivity index (χ2v) is 6.08. The van der Waals surface area contributed by atoms with Gasteiger partial charge in [0, 0.05) is 17.7 Å². The molecule has 100 valence electrons. The molecule has 0 aromatic heterocycles. The Morgan fingerprint density at radius 3 is 2.58 bits per heavy atom. The van der Waals surface area contributed by atoms with Crippen molar-refractivity contribution in [1.82, 2.24) is 4.90 Å². The van der Waals surface area contributed by atoms with Gasteiger partial charge in [-0.3, -0.25) is 4.79 Å². The van der Waals surface area contributed by atoms with Gasteiger partial charge in [-0.1, -0.05) is 39.8 Å². The Kier molecular flexibility index (Phi) is 3.36. The zero-order valence-corrected chi connectivity index (χ0v) is 12.0. The van der Waals surface area contributed by atoms with E-state index < -0.39 is 6.04 Å². The second kappa shape index (κ2) is 4.70. The van der Waals surface area contributed by atoms with Gasteiger partial charge < -0.3 is 4.90 Å². The standard InChI is InChI=1S/C16H20N2O/c1-5-8-18-14(10-17)13-9-11(16(2,3)4)6-7-12(13)15(18)19/h6-7,9,14H,5,8H2,1-4H3. The number of hydrogen-bond acceptors (Lipinski definition) is 2. The zero-order chi connectivity index (χ0) is 14.2. The van der Waals surface area contributed by atoms with Crippen molar-refractivity contribution in [3.8, 4) is 6.07 Å². The zero-order valence-electron chi connectivity index (χ0n) is 12.0. The summed E-state index contributed by atoms with van der Waals surface area (Å²) >= 11 is 0. The maximum atomic E-state index is 12.3. The predicted molar refractivity (Wildman–Crippen MR) is 74.8 cm³/mol. The first-order chi connectivity index (χ1) is 8.90. The lowest BCUT2D eigenvalue weighted by Gasteiger charge is -2.21. The number of nitrogens with zero attached hydrogens (tertiary/aromatic N) is 2. The maximum absolute atomic E-state index is 12.3. The molecule has 0 radical (unpaired) electrons. The summed E-state index contributed by atoms with van der Waals surface area (Å²) in [4.78, 5) is 14.0. The van der Waals surface area contributed by atoms with Crippen LogP contribution in [0.3, 0.4) is 0 Å². The molecule has 19 heavy (non-hydrogen) atoms. The molecule has 1 aromatic rings. The van der Waals surface area contributed by atoms with Gasteiger partial charge in [0.15, 0.2) is 0 Å². The average Bonchev–Trinajstić information content (AvgIpc) is 2.61. The molecule has 0 spiro atoms. The van der Waals surface area contributed by atoms with E-state index in [9.17, 15) is 10.1 Å². The number of amides is 1. The molecular weight excluding hydrogens is 236 g/mol. The number of fused-ring (bicyclic) bond motifs is 1. The van der Waals surface area contributed by atoms with Gasteiger partial charge in [-0.05, 0) is 23.5 Å². The number of hydrogen-bond donors (Lipinski definition) is 0. The van der Waals surface area contributed by atoms with E-state index in [2.05, 4.69) is 26.8 Å². The first-order valence-corrected chi connectivity index (χ1v) is 6.75. The van der Waals surface area contributed by atoms with Gasteiger partial charge in [0.1, 0.15) is 6.04 Å². The summed E-state index contributed by atoms with van der Waals surface area (Å²) < 4.78 is 0. The lowest BCUT2D eigenvalue weighted by molar-refractivity contribution is 0.0758. The van der Waals surface area contributed by atoms with Crippen molar-refractivity contribution in [2.24, 2.45) is 0 Å². The lowest BCUT2D eigenvalue weighted by Crippen LogP contribution is -2.28. The Bertz CT molecular complexity index is 549. The Morgan fingerprint density at radius 1 is 1.37 bits per heavy atom. The number of rotatable bonds is 2.